The van der Waals surface area contributed by atoms with Crippen LogP contribution in [0.1, 0.15) is 43.7 Å². The van der Waals surface area contributed by atoms with Crippen molar-refractivity contribution < 1.29 is 4.74 Å². The Kier molecular flexibility index (Phi) is 4.82. The molecule has 1 unspecified atom stereocenters. The summed E-state index contributed by atoms with van der Waals surface area (Å²) in [6, 6.07) is 8.65. The van der Waals surface area contributed by atoms with Gasteiger partial charge in [-0.15, -0.1) is 0 Å². The first-order chi connectivity index (χ1) is 8.85. The minimum Gasteiger partial charge on any atom is -0.496 e. The first-order valence-electron chi connectivity index (χ1n) is 6.83. The van der Waals surface area contributed by atoms with Gasteiger partial charge in [-0.05, 0) is 45.2 Å². The molecule has 1 atom stereocenters. The third kappa shape index (κ3) is 3.14. The Morgan fingerprint density at radius 1 is 1.28 bits per heavy atom. The van der Waals surface area contributed by atoms with E-state index in [1.165, 1.54) is 31.2 Å². The van der Waals surface area contributed by atoms with Crippen LogP contribution in [0.3, 0.4) is 0 Å². The zero-order valence-corrected chi connectivity index (χ0v) is 11.4. The second kappa shape index (κ2) is 6.60. The van der Waals surface area contributed by atoms with Gasteiger partial charge < -0.3 is 10.1 Å². The molecule has 0 fully saturated rings. The average molecular weight is 245 g/mol. The van der Waals surface area contributed by atoms with E-state index in [0.29, 0.717) is 6.04 Å². The molecule has 0 heterocycles. The highest BCUT2D eigenvalue weighted by Crippen LogP contribution is 2.31. The van der Waals surface area contributed by atoms with Crippen molar-refractivity contribution in [1.82, 2.24) is 5.32 Å². The fraction of sp³-hybridized carbons (Fsp3) is 0.500. The van der Waals surface area contributed by atoms with Crippen LogP contribution in [-0.2, 0) is 0 Å². The topological polar surface area (TPSA) is 21.3 Å². The maximum Gasteiger partial charge on any atom is 0.123 e. The number of hydrogen-bond acceptors (Lipinski definition) is 2. The van der Waals surface area contributed by atoms with Gasteiger partial charge >= 0.3 is 0 Å². The molecule has 0 aliphatic heterocycles. The maximum absolute atomic E-state index is 5.46. The minimum atomic E-state index is 0.352. The molecular formula is C16H23NO. The summed E-state index contributed by atoms with van der Waals surface area (Å²) >= 11 is 0. The SMILES string of the molecule is CNC(CC1=CCCCC1)c1ccccc1OC. The second-order valence-electron chi connectivity index (χ2n) is 4.90. The number of methoxy groups -OCH3 is 1. The Morgan fingerprint density at radius 3 is 2.78 bits per heavy atom. The standard InChI is InChI=1S/C16H23NO/c1-17-15(12-13-8-4-3-5-9-13)14-10-6-7-11-16(14)18-2/h6-8,10-11,15,17H,3-5,9,12H2,1-2H3. The van der Waals surface area contributed by atoms with Crippen molar-refractivity contribution in [1.29, 1.82) is 0 Å². The lowest BCUT2D eigenvalue weighted by atomic mass is 9.91. The Bertz CT molecular complexity index is 411. The summed E-state index contributed by atoms with van der Waals surface area (Å²) in [6.07, 6.45) is 8.71. The van der Waals surface area contributed by atoms with Crippen molar-refractivity contribution in [2.75, 3.05) is 14.2 Å². The third-order valence-corrected chi connectivity index (χ3v) is 3.71. The molecule has 0 amide bonds. The van der Waals surface area contributed by atoms with Crippen molar-refractivity contribution in [3.8, 4) is 5.75 Å². The summed E-state index contributed by atoms with van der Waals surface area (Å²) in [6.45, 7) is 0. The van der Waals surface area contributed by atoms with Crippen molar-refractivity contribution in [3.63, 3.8) is 0 Å². The molecule has 2 rings (SSSR count). The van der Waals surface area contributed by atoms with Gasteiger partial charge in [-0.3, -0.25) is 0 Å². The van der Waals surface area contributed by atoms with E-state index in [2.05, 4.69) is 23.5 Å². The lowest BCUT2D eigenvalue weighted by Gasteiger charge is -2.22. The molecule has 0 aromatic heterocycles. The molecule has 98 valence electrons. The molecular weight excluding hydrogens is 222 g/mol. The van der Waals surface area contributed by atoms with E-state index in [1.807, 2.05) is 19.2 Å². The number of para-hydroxylation sites is 1. The zero-order chi connectivity index (χ0) is 12.8. The number of allylic oxidation sites excluding steroid dienone is 1. The lowest BCUT2D eigenvalue weighted by molar-refractivity contribution is 0.400. The maximum atomic E-state index is 5.46. The van der Waals surface area contributed by atoms with Crippen LogP contribution >= 0.6 is 0 Å². The zero-order valence-electron chi connectivity index (χ0n) is 11.4. The number of ether oxygens (including phenoxy) is 1. The molecule has 2 heteroatoms. The monoisotopic (exact) mass is 245 g/mol. The molecule has 18 heavy (non-hydrogen) atoms. The van der Waals surface area contributed by atoms with Crippen molar-refractivity contribution in [3.05, 3.63) is 41.5 Å². The number of rotatable bonds is 5. The van der Waals surface area contributed by atoms with Gasteiger partial charge in [-0.25, -0.2) is 0 Å². The molecule has 1 N–H and O–H groups in total. The average Bonchev–Trinajstić information content (AvgIpc) is 2.46. The number of hydrogen-bond donors (Lipinski definition) is 1. The third-order valence-electron chi connectivity index (χ3n) is 3.71. The van der Waals surface area contributed by atoms with Gasteiger partial charge in [0.2, 0.25) is 0 Å². The summed E-state index contributed by atoms with van der Waals surface area (Å²) in [4.78, 5) is 0. The van der Waals surface area contributed by atoms with Crippen LogP contribution in [0, 0.1) is 0 Å². The van der Waals surface area contributed by atoms with Gasteiger partial charge in [-0.2, -0.15) is 0 Å². The highest BCUT2D eigenvalue weighted by molar-refractivity contribution is 5.36. The lowest BCUT2D eigenvalue weighted by Crippen LogP contribution is -2.18. The quantitative estimate of drug-likeness (QED) is 0.796. The smallest absolute Gasteiger partial charge is 0.123 e. The minimum absolute atomic E-state index is 0.352. The van der Waals surface area contributed by atoms with E-state index < -0.39 is 0 Å². The number of benzene rings is 1. The molecule has 2 nitrogen and oxygen atoms in total. The van der Waals surface area contributed by atoms with Gasteiger partial charge in [0.1, 0.15) is 5.75 Å². The van der Waals surface area contributed by atoms with E-state index in [0.717, 1.165) is 12.2 Å². The van der Waals surface area contributed by atoms with E-state index in [4.69, 9.17) is 4.74 Å². The largest absolute Gasteiger partial charge is 0.496 e. The van der Waals surface area contributed by atoms with Crippen LogP contribution in [-0.4, -0.2) is 14.2 Å². The van der Waals surface area contributed by atoms with Crippen molar-refractivity contribution in [2.24, 2.45) is 0 Å². The first-order valence-corrected chi connectivity index (χ1v) is 6.83. The summed E-state index contributed by atoms with van der Waals surface area (Å²) < 4.78 is 5.46. The number of nitrogens with one attached hydrogen (secondary N) is 1. The Balaban J connectivity index is 2.14. The molecule has 0 saturated heterocycles. The molecule has 0 saturated carbocycles. The van der Waals surface area contributed by atoms with Gasteiger partial charge in [0.25, 0.3) is 0 Å². The summed E-state index contributed by atoms with van der Waals surface area (Å²) in [5.41, 5.74) is 2.85. The fourth-order valence-electron chi connectivity index (χ4n) is 2.67. The summed E-state index contributed by atoms with van der Waals surface area (Å²) in [5, 5.41) is 3.42. The summed E-state index contributed by atoms with van der Waals surface area (Å²) in [7, 11) is 3.77. The van der Waals surface area contributed by atoms with Crippen molar-refractivity contribution >= 4 is 0 Å². The van der Waals surface area contributed by atoms with E-state index in [-0.39, 0.29) is 0 Å². The van der Waals surface area contributed by atoms with Crippen LogP contribution in [0.5, 0.6) is 5.75 Å². The highest BCUT2D eigenvalue weighted by Gasteiger charge is 2.16. The normalized spacial score (nSPS) is 17.1. The van der Waals surface area contributed by atoms with Crippen LogP contribution < -0.4 is 10.1 Å². The van der Waals surface area contributed by atoms with Gasteiger partial charge in [0.05, 0.1) is 7.11 Å². The van der Waals surface area contributed by atoms with Gasteiger partial charge in [0, 0.05) is 11.6 Å². The Hall–Kier alpha value is -1.28. The molecule has 0 radical (unpaired) electrons. The Morgan fingerprint density at radius 2 is 2.11 bits per heavy atom. The first kappa shape index (κ1) is 13.2. The van der Waals surface area contributed by atoms with E-state index in [1.54, 1.807) is 12.7 Å². The second-order valence-corrected chi connectivity index (χ2v) is 4.90. The highest BCUT2D eigenvalue weighted by atomic mass is 16.5. The fourth-order valence-corrected chi connectivity index (χ4v) is 2.67. The Labute approximate surface area is 110 Å². The molecule has 1 aliphatic carbocycles. The molecule has 1 aromatic carbocycles. The van der Waals surface area contributed by atoms with E-state index >= 15 is 0 Å². The van der Waals surface area contributed by atoms with Crippen LogP contribution in [0.2, 0.25) is 0 Å². The van der Waals surface area contributed by atoms with Crippen LogP contribution in [0.25, 0.3) is 0 Å². The predicted octanol–water partition coefficient (Wildman–Crippen LogP) is 3.85. The van der Waals surface area contributed by atoms with E-state index in [9.17, 15) is 0 Å². The van der Waals surface area contributed by atoms with Crippen LogP contribution in [0.4, 0.5) is 0 Å². The molecule has 0 spiro atoms. The molecule has 0 bridgehead atoms. The van der Waals surface area contributed by atoms with Gasteiger partial charge in [0.15, 0.2) is 0 Å². The van der Waals surface area contributed by atoms with Gasteiger partial charge in [-0.1, -0.05) is 29.8 Å². The molecule has 1 aromatic rings. The molecule has 1 aliphatic rings. The van der Waals surface area contributed by atoms with Crippen LogP contribution in [0.15, 0.2) is 35.9 Å². The summed E-state index contributed by atoms with van der Waals surface area (Å²) in [5.74, 6) is 0.980. The van der Waals surface area contributed by atoms with Crippen molar-refractivity contribution in [2.45, 2.75) is 38.1 Å². The predicted molar refractivity (Wildman–Crippen MR) is 76.0 cm³/mol.